The highest BCUT2D eigenvalue weighted by Gasteiger charge is 2.13. The summed E-state index contributed by atoms with van der Waals surface area (Å²) in [5.41, 5.74) is 0.355. The molecule has 0 saturated heterocycles. The minimum atomic E-state index is -3.59. The molecule has 2 amide bonds. The Hall–Kier alpha value is -0.980. The summed E-state index contributed by atoms with van der Waals surface area (Å²) in [4.78, 5) is 11.4. The fraction of sp³-hybridized carbons (Fsp3) is 0.300. The maximum atomic E-state index is 11.4. The van der Waals surface area contributed by atoms with Crippen molar-refractivity contribution in [3.05, 3.63) is 28.2 Å². The number of amides is 2. The number of benzene rings is 1. The van der Waals surface area contributed by atoms with Gasteiger partial charge in [-0.15, -0.1) is 0 Å². The Bertz CT molecular complexity index is 546. The van der Waals surface area contributed by atoms with Gasteiger partial charge in [-0.05, 0) is 24.6 Å². The van der Waals surface area contributed by atoms with Gasteiger partial charge < -0.3 is 5.32 Å². The van der Waals surface area contributed by atoms with Gasteiger partial charge >= 0.3 is 6.03 Å². The van der Waals surface area contributed by atoms with Gasteiger partial charge in [0.05, 0.1) is 15.8 Å². The molecule has 2 N–H and O–H groups in total. The van der Waals surface area contributed by atoms with Gasteiger partial charge in [0, 0.05) is 5.69 Å². The SMILES string of the molecule is CCCS(=O)(=O)NC(=O)Nc1ccc(Cl)c(Cl)c1. The van der Waals surface area contributed by atoms with Crippen LogP contribution in [0.4, 0.5) is 10.5 Å². The zero-order chi connectivity index (χ0) is 13.8. The Morgan fingerprint density at radius 3 is 2.50 bits per heavy atom. The second-order valence-corrected chi connectivity index (χ2v) is 6.16. The van der Waals surface area contributed by atoms with Crippen LogP contribution >= 0.6 is 23.2 Å². The first kappa shape index (κ1) is 15.1. The predicted octanol–water partition coefficient (Wildman–Crippen LogP) is 2.85. The standard InChI is InChI=1S/C10H12Cl2N2O3S/c1-2-5-18(16,17)14-10(15)13-7-3-4-8(11)9(12)6-7/h3-4,6H,2,5H2,1H3,(H2,13,14,15). The van der Waals surface area contributed by atoms with E-state index in [0.717, 1.165) is 0 Å². The Balaban J connectivity index is 2.68. The van der Waals surface area contributed by atoms with E-state index in [1.807, 2.05) is 4.72 Å². The van der Waals surface area contributed by atoms with E-state index in [-0.39, 0.29) is 10.8 Å². The number of nitrogens with one attached hydrogen (secondary N) is 2. The summed E-state index contributed by atoms with van der Waals surface area (Å²) in [6.07, 6.45) is 0.426. The summed E-state index contributed by atoms with van der Waals surface area (Å²) < 4.78 is 24.6. The second-order valence-electron chi connectivity index (χ2n) is 3.50. The van der Waals surface area contributed by atoms with Gasteiger partial charge in [-0.1, -0.05) is 30.1 Å². The smallest absolute Gasteiger partial charge is 0.307 e. The van der Waals surface area contributed by atoms with Crippen LogP contribution in [0.5, 0.6) is 0 Å². The molecule has 0 heterocycles. The van der Waals surface area contributed by atoms with E-state index >= 15 is 0 Å². The highest BCUT2D eigenvalue weighted by molar-refractivity contribution is 7.90. The maximum absolute atomic E-state index is 11.4. The molecule has 0 aliphatic rings. The lowest BCUT2D eigenvalue weighted by Crippen LogP contribution is -2.35. The van der Waals surface area contributed by atoms with Crippen LogP contribution in [0.1, 0.15) is 13.3 Å². The monoisotopic (exact) mass is 310 g/mol. The molecule has 0 radical (unpaired) electrons. The number of rotatable bonds is 4. The molecule has 100 valence electrons. The maximum Gasteiger partial charge on any atom is 0.332 e. The van der Waals surface area contributed by atoms with E-state index in [2.05, 4.69) is 5.32 Å². The number of urea groups is 1. The van der Waals surface area contributed by atoms with Crippen molar-refractivity contribution in [2.24, 2.45) is 0 Å². The van der Waals surface area contributed by atoms with Crippen LogP contribution in [0.2, 0.25) is 10.0 Å². The molecule has 0 aromatic heterocycles. The Kier molecular flexibility index (Phi) is 5.25. The first-order valence-electron chi connectivity index (χ1n) is 5.10. The molecule has 0 aliphatic carbocycles. The summed E-state index contributed by atoms with van der Waals surface area (Å²) in [6, 6.07) is 3.61. The largest absolute Gasteiger partial charge is 0.332 e. The molecule has 0 bridgehead atoms. The average Bonchev–Trinajstić information content (AvgIpc) is 2.22. The van der Waals surface area contributed by atoms with Crippen LogP contribution in [0.25, 0.3) is 0 Å². The number of hydrogen-bond donors (Lipinski definition) is 2. The molecule has 5 nitrogen and oxygen atoms in total. The zero-order valence-corrected chi connectivity index (χ0v) is 11.9. The number of anilines is 1. The van der Waals surface area contributed by atoms with E-state index in [1.54, 1.807) is 6.92 Å². The molecular formula is C10H12Cl2N2O3S. The van der Waals surface area contributed by atoms with E-state index in [1.165, 1.54) is 18.2 Å². The molecule has 0 unspecified atom stereocenters. The van der Waals surface area contributed by atoms with Crippen molar-refractivity contribution in [2.75, 3.05) is 11.1 Å². The average molecular weight is 311 g/mol. The number of sulfonamides is 1. The minimum absolute atomic E-state index is 0.109. The number of carbonyl (C=O) groups is 1. The molecule has 0 fully saturated rings. The third kappa shape index (κ3) is 4.72. The summed E-state index contributed by atoms with van der Waals surface area (Å²) in [5.74, 6) is -0.109. The third-order valence-corrected chi connectivity index (χ3v) is 4.08. The number of carbonyl (C=O) groups excluding carboxylic acids is 1. The predicted molar refractivity (Wildman–Crippen MR) is 72.7 cm³/mol. The topological polar surface area (TPSA) is 75.3 Å². The molecule has 18 heavy (non-hydrogen) atoms. The lowest BCUT2D eigenvalue weighted by Gasteiger charge is -2.08. The van der Waals surface area contributed by atoms with Crippen LogP contribution in [0.15, 0.2) is 18.2 Å². The first-order valence-corrected chi connectivity index (χ1v) is 7.51. The summed E-state index contributed by atoms with van der Waals surface area (Å²) in [5, 5.41) is 2.97. The lowest BCUT2D eigenvalue weighted by atomic mass is 10.3. The summed E-state index contributed by atoms with van der Waals surface area (Å²) >= 11 is 11.5. The van der Waals surface area contributed by atoms with E-state index < -0.39 is 16.1 Å². The minimum Gasteiger partial charge on any atom is -0.307 e. The van der Waals surface area contributed by atoms with E-state index in [9.17, 15) is 13.2 Å². The van der Waals surface area contributed by atoms with Crippen LogP contribution < -0.4 is 10.0 Å². The molecule has 0 aliphatic heterocycles. The molecule has 1 aromatic rings. The molecule has 1 rings (SSSR count). The van der Waals surface area contributed by atoms with Gasteiger partial charge in [0.15, 0.2) is 0 Å². The third-order valence-electron chi connectivity index (χ3n) is 1.90. The van der Waals surface area contributed by atoms with Crippen molar-refractivity contribution < 1.29 is 13.2 Å². The number of halogens is 2. The zero-order valence-electron chi connectivity index (χ0n) is 9.54. The lowest BCUT2D eigenvalue weighted by molar-refractivity contribution is 0.256. The van der Waals surface area contributed by atoms with E-state index in [0.29, 0.717) is 17.1 Å². The van der Waals surface area contributed by atoms with E-state index in [4.69, 9.17) is 23.2 Å². The van der Waals surface area contributed by atoms with Crippen molar-refractivity contribution in [1.82, 2.24) is 4.72 Å². The van der Waals surface area contributed by atoms with Crippen molar-refractivity contribution in [1.29, 1.82) is 0 Å². The van der Waals surface area contributed by atoms with Crippen LogP contribution in [-0.4, -0.2) is 20.2 Å². The molecule has 0 atom stereocenters. The Labute approximate surface area is 116 Å². The second kappa shape index (κ2) is 6.26. The van der Waals surface area contributed by atoms with Gasteiger partial charge in [0.25, 0.3) is 0 Å². The van der Waals surface area contributed by atoms with Gasteiger partial charge in [0.1, 0.15) is 0 Å². The van der Waals surface area contributed by atoms with Gasteiger partial charge in [-0.2, -0.15) is 0 Å². The quantitative estimate of drug-likeness (QED) is 0.898. The molecule has 0 spiro atoms. The number of hydrogen-bond acceptors (Lipinski definition) is 3. The highest BCUT2D eigenvalue weighted by Crippen LogP contribution is 2.24. The highest BCUT2D eigenvalue weighted by atomic mass is 35.5. The van der Waals surface area contributed by atoms with Crippen LogP contribution in [-0.2, 0) is 10.0 Å². The van der Waals surface area contributed by atoms with Gasteiger partial charge in [-0.3, -0.25) is 0 Å². The molecule has 8 heteroatoms. The van der Waals surface area contributed by atoms with Crippen LogP contribution in [0.3, 0.4) is 0 Å². The van der Waals surface area contributed by atoms with Crippen LogP contribution in [0, 0.1) is 0 Å². The van der Waals surface area contributed by atoms with Crippen molar-refractivity contribution in [2.45, 2.75) is 13.3 Å². The fourth-order valence-corrected chi connectivity index (χ4v) is 2.46. The molecular weight excluding hydrogens is 299 g/mol. The molecule has 0 saturated carbocycles. The Morgan fingerprint density at radius 1 is 1.28 bits per heavy atom. The van der Waals surface area contributed by atoms with Crippen molar-refractivity contribution >= 4 is 44.9 Å². The summed E-state index contributed by atoms with van der Waals surface area (Å²) in [6.45, 7) is 1.70. The van der Waals surface area contributed by atoms with Crippen molar-refractivity contribution in [3.63, 3.8) is 0 Å². The van der Waals surface area contributed by atoms with Crippen molar-refractivity contribution in [3.8, 4) is 0 Å². The molecule has 1 aromatic carbocycles. The van der Waals surface area contributed by atoms with Gasteiger partial charge in [-0.25, -0.2) is 17.9 Å². The normalized spacial score (nSPS) is 11.1. The first-order chi connectivity index (χ1) is 8.34. The summed E-state index contributed by atoms with van der Waals surface area (Å²) in [7, 11) is -3.59. The van der Waals surface area contributed by atoms with Gasteiger partial charge in [0.2, 0.25) is 10.0 Å². The Morgan fingerprint density at radius 2 is 1.94 bits per heavy atom. The fourth-order valence-electron chi connectivity index (χ4n) is 1.19.